The van der Waals surface area contributed by atoms with Crippen molar-refractivity contribution >= 4 is 11.7 Å². The zero-order chi connectivity index (χ0) is 16.2. The topological polar surface area (TPSA) is 73.9 Å². The van der Waals surface area contributed by atoms with Gasteiger partial charge in [-0.05, 0) is 51.9 Å². The highest BCUT2D eigenvalue weighted by molar-refractivity contribution is 5.92. The molecule has 1 aliphatic heterocycles. The zero-order valence-electron chi connectivity index (χ0n) is 13.6. The van der Waals surface area contributed by atoms with Crippen LogP contribution in [0, 0.1) is 5.92 Å². The summed E-state index contributed by atoms with van der Waals surface area (Å²) in [5.74, 6) is 0.723. The van der Waals surface area contributed by atoms with Crippen molar-refractivity contribution < 1.29 is 4.79 Å². The van der Waals surface area contributed by atoms with Crippen molar-refractivity contribution in [2.45, 2.75) is 32.7 Å². The van der Waals surface area contributed by atoms with E-state index in [4.69, 9.17) is 0 Å². The molecule has 1 saturated heterocycles. The fraction of sp³-hybridized carbons (Fsp3) is 0.471. The molecular formula is C17H23N5O. The lowest BCUT2D eigenvalue weighted by Gasteiger charge is -2.33. The van der Waals surface area contributed by atoms with Crippen LogP contribution in [0.25, 0.3) is 11.3 Å². The Morgan fingerprint density at radius 2 is 2.00 bits per heavy atom. The maximum absolute atomic E-state index is 12.4. The maximum atomic E-state index is 12.4. The molecular weight excluding hydrogens is 290 g/mol. The summed E-state index contributed by atoms with van der Waals surface area (Å²) >= 11 is 0. The third kappa shape index (κ3) is 3.76. The summed E-state index contributed by atoms with van der Waals surface area (Å²) < 4.78 is 0. The van der Waals surface area contributed by atoms with Gasteiger partial charge in [-0.3, -0.25) is 14.9 Å². The Hall–Kier alpha value is -2.21. The largest absolute Gasteiger partial charge is 0.309 e. The highest BCUT2D eigenvalue weighted by Gasteiger charge is 2.26. The number of carbonyl (C=O) groups is 1. The maximum Gasteiger partial charge on any atom is 0.228 e. The minimum atomic E-state index is 0.0705. The summed E-state index contributed by atoms with van der Waals surface area (Å²) in [4.78, 5) is 18.8. The average Bonchev–Trinajstić information content (AvgIpc) is 3.04. The lowest BCUT2D eigenvalue weighted by Crippen LogP contribution is -2.41. The Balaban J connectivity index is 1.58. The number of rotatable bonds is 4. The van der Waals surface area contributed by atoms with Gasteiger partial charge in [0.2, 0.25) is 5.91 Å². The van der Waals surface area contributed by atoms with Crippen molar-refractivity contribution in [3.63, 3.8) is 0 Å². The number of nitrogens with one attached hydrogen (secondary N) is 2. The van der Waals surface area contributed by atoms with Gasteiger partial charge in [0.1, 0.15) is 0 Å². The quantitative estimate of drug-likeness (QED) is 0.909. The highest BCUT2D eigenvalue weighted by Crippen LogP contribution is 2.22. The fourth-order valence-corrected chi connectivity index (χ4v) is 2.97. The molecule has 1 amide bonds. The number of amides is 1. The Morgan fingerprint density at radius 1 is 1.30 bits per heavy atom. The number of piperidine rings is 1. The van der Waals surface area contributed by atoms with E-state index in [9.17, 15) is 4.79 Å². The van der Waals surface area contributed by atoms with Crippen LogP contribution >= 0.6 is 0 Å². The number of nitrogens with zero attached hydrogens (tertiary/aromatic N) is 3. The fourth-order valence-electron chi connectivity index (χ4n) is 2.97. The molecule has 2 aromatic heterocycles. The van der Waals surface area contributed by atoms with Gasteiger partial charge in [-0.25, -0.2) is 0 Å². The second-order valence-electron chi connectivity index (χ2n) is 6.30. The molecule has 0 aliphatic carbocycles. The van der Waals surface area contributed by atoms with Gasteiger partial charge in [0.05, 0.1) is 5.69 Å². The first-order chi connectivity index (χ1) is 11.1. The van der Waals surface area contributed by atoms with Crippen LogP contribution in [0.1, 0.15) is 26.7 Å². The summed E-state index contributed by atoms with van der Waals surface area (Å²) in [6.45, 7) is 6.37. The molecule has 0 saturated carbocycles. The Bertz CT molecular complexity index is 644. The van der Waals surface area contributed by atoms with Crippen LogP contribution in [0.3, 0.4) is 0 Å². The summed E-state index contributed by atoms with van der Waals surface area (Å²) in [5.41, 5.74) is 1.87. The van der Waals surface area contributed by atoms with E-state index in [0.29, 0.717) is 11.9 Å². The highest BCUT2D eigenvalue weighted by atomic mass is 16.2. The summed E-state index contributed by atoms with van der Waals surface area (Å²) in [6, 6.07) is 6.21. The van der Waals surface area contributed by atoms with Gasteiger partial charge >= 0.3 is 0 Å². The molecule has 0 radical (unpaired) electrons. The van der Waals surface area contributed by atoms with Crippen molar-refractivity contribution in [1.82, 2.24) is 20.1 Å². The van der Waals surface area contributed by atoms with Crippen molar-refractivity contribution in [3.8, 4) is 11.3 Å². The van der Waals surface area contributed by atoms with Crippen LogP contribution in [-0.4, -0.2) is 45.1 Å². The minimum absolute atomic E-state index is 0.0705. The van der Waals surface area contributed by atoms with Gasteiger partial charge in [0.15, 0.2) is 5.82 Å². The van der Waals surface area contributed by atoms with Crippen molar-refractivity contribution in [2.24, 2.45) is 5.92 Å². The van der Waals surface area contributed by atoms with E-state index in [1.54, 1.807) is 12.4 Å². The Morgan fingerprint density at radius 3 is 2.65 bits per heavy atom. The van der Waals surface area contributed by atoms with Gasteiger partial charge in [-0.15, -0.1) is 0 Å². The number of aromatic nitrogens is 3. The SMILES string of the molecule is CC(C)N1CCC(C(=O)Nc2cc(-c3ccncc3)[nH]n2)CC1. The minimum Gasteiger partial charge on any atom is -0.309 e. The average molecular weight is 313 g/mol. The zero-order valence-corrected chi connectivity index (χ0v) is 13.6. The number of hydrogen-bond donors (Lipinski definition) is 2. The van der Waals surface area contributed by atoms with Crippen molar-refractivity contribution in [2.75, 3.05) is 18.4 Å². The van der Waals surface area contributed by atoms with Crippen LogP contribution in [0.4, 0.5) is 5.82 Å². The van der Waals surface area contributed by atoms with Gasteiger partial charge < -0.3 is 10.2 Å². The van der Waals surface area contributed by atoms with E-state index in [-0.39, 0.29) is 11.8 Å². The standard InChI is InChI=1S/C17H23N5O/c1-12(2)22-9-5-14(6-10-22)17(23)19-16-11-15(20-21-16)13-3-7-18-8-4-13/h3-4,7-8,11-12,14H,5-6,9-10H2,1-2H3,(H2,19,20,21,23). The van der Waals surface area contributed by atoms with Crippen LogP contribution in [0.2, 0.25) is 0 Å². The normalized spacial score (nSPS) is 16.7. The lowest BCUT2D eigenvalue weighted by atomic mass is 9.95. The molecule has 0 atom stereocenters. The number of pyridine rings is 1. The molecule has 1 aliphatic rings. The molecule has 0 bridgehead atoms. The number of carbonyl (C=O) groups excluding carboxylic acids is 1. The molecule has 0 spiro atoms. The number of hydrogen-bond acceptors (Lipinski definition) is 4. The summed E-state index contributed by atoms with van der Waals surface area (Å²) in [5, 5.41) is 10.1. The number of aromatic amines is 1. The van der Waals surface area contributed by atoms with Crippen LogP contribution in [0.15, 0.2) is 30.6 Å². The Labute approximate surface area is 136 Å². The van der Waals surface area contributed by atoms with Gasteiger partial charge in [0.25, 0.3) is 0 Å². The third-order valence-electron chi connectivity index (χ3n) is 4.45. The smallest absolute Gasteiger partial charge is 0.228 e. The van der Waals surface area contributed by atoms with E-state index >= 15 is 0 Å². The molecule has 0 unspecified atom stereocenters. The molecule has 2 aromatic rings. The van der Waals surface area contributed by atoms with Crippen molar-refractivity contribution in [3.05, 3.63) is 30.6 Å². The molecule has 6 heteroatoms. The van der Waals surface area contributed by atoms with Crippen LogP contribution in [-0.2, 0) is 4.79 Å². The Kier molecular flexibility index (Phi) is 4.71. The monoisotopic (exact) mass is 313 g/mol. The third-order valence-corrected chi connectivity index (χ3v) is 4.45. The molecule has 2 N–H and O–H groups in total. The molecule has 0 aromatic carbocycles. The van der Waals surface area contributed by atoms with Crippen LogP contribution < -0.4 is 5.32 Å². The predicted molar refractivity (Wildman–Crippen MR) is 89.9 cm³/mol. The predicted octanol–water partition coefficient (Wildman–Crippen LogP) is 2.53. The molecule has 3 rings (SSSR count). The molecule has 6 nitrogen and oxygen atoms in total. The van der Waals surface area contributed by atoms with E-state index in [1.807, 2.05) is 18.2 Å². The van der Waals surface area contributed by atoms with Gasteiger partial charge in [-0.1, -0.05) is 0 Å². The lowest BCUT2D eigenvalue weighted by molar-refractivity contribution is -0.121. The first-order valence-electron chi connectivity index (χ1n) is 8.14. The van der Waals surface area contributed by atoms with E-state index < -0.39 is 0 Å². The number of H-pyrrole nitrogens is 1. The first-order valence-corrected chi connectivity index (χ1v) is 8.14. The second kappa shape index (κ2) is 6.91. The van der Waals surface area contributed by atoms with Gasteiger partial charge in [0, 0.05) is 36.0 Å². The molecule has 122 valence electrons. The van der Waals surface area contributed by atoms with E-state index in [0.717, 1.165) is 37.2 Å². The summed E-state index contributed by atoms with van der Waals surface area (Å²) in [6.07, 6.45) is 5.28. The van der Waals surface area contributed by atoms with E-state index in [2.05, 4.69) is 39.2 Å². The number of likely N-dealkylation sites (tertiary alicyclic amines) is 1. The summed E-state index contributed by atoms with van der Waals surface area (Å²) in [7, 11) is 0. The van der Waals surface area contributed by atoms with Crippen molar-refractivity contribution in [1.29, 1.82) is 0 Å². The number of anilines is 1. The van der Waals surface area contributed by atoms with Crippen LogP contribution in [0.5, 0.6) is 0 Å². The molecule has 23 heavy (non-hydrogen) atoms. The molecule has 1 fully saturated rings. The first kappa shape index (κ1) is 15.7. The van der Waals surface area contributed by atoms with E-state index in [1.165, 1.54) is 0 Å². The second-order valence-corrected chi connectivity index (χ2v) is 6.30. The van der Waals surface area contributed by atoms with Gasteiger partial charge in [-0.2, -0.15) is 5.10 Å². The molecule has 3 heterocycles.